The van der Waals surface area contributed by atoms with E-state index in [-0.39, 0.29) is 22.3 Å². The van der Waals surface area contributed by atoms with Crippen molar-refractivity contribution in [2.24, 2.45) is 0 Å². The lowest BCUT2D eigenvalue weighted by molar-refractivity contribution is -0.275. The van der Waals surface area contributed by atoms with Gasteiger partial charge in [-0.05, 0) is 94.8 Å². The van der Waals surface area contributed by atoms with Crippen LogP contribution in [0.4, 0.5) is 43.9 Å². The van der Waals surface area contributed by atoms with Crippen molar-refractivity contribution >= 4 is 32.1 Å². The molecule has 4 aromatic rings. The Balaban J connectivity index is 1.17. The number of sulfone groups is 1. The van der Waals surface area contributed by atoms with E-state index in [0.29, 0.717) is 47.2 Å². The van der Waals surface area contributed by atoms with E-state index < -0.39 is 80.0 Å². The van der Waals surface area contributed by atoms with Gasteiger partial charge in [-0.15, -0.1) is 26.3 Å². The van der Waals surface area contributed by atoms with Crippen molar-refractivity contribution < 1.29 is 61.8 Å². The number of rotatable bonds is 10. The number of hydrogen-bond donors (Lipinski definition) is 0. The number of hydrogen-bond acceptors (Lipinski definition) is 4. The van der Waals surface area contributed by atoms with Gasteiger partial charge in [-0.25, -0.2) is 26.0 Å². The highest BCUT2D eigenvalue weighted by atomic mass is 32.2. The summed E-state index contributed by atoms with van der Waals surface area (Å²) in [7, 11) is -4.42. The zero-order chi connectivity index (χ0) is 38.3. The number of allylic oxidation sites excluding steroid dienone is 8. The molecule has 0 unspecified atom stereocenters. The van der Waals surface area contributed by atoms with Crippen molar-refractivity contribution in [3.05, 3.63) is 154 Å². The number of alkyl halides is 6. The normalized spacial score (nSPS) is 14.8. The summed E-state index contributed by atoms with van der Waals surface area (Å²) in [5, 5.41) is 0. The van der Waals surface area contributed by atoms with Gasteiger partial charge in [0.05, 0.1) is 11.5 Å². The molecule has 0 saturated heterocycles. The number of benzene rings is 4. The molecule has 0 N–H and O–H groups in total. The van der Waals surface area contributed by atoms with Gasteiger partial charge < -0.3 is 9.47 Å². The lowest BCUT2D eigenvalue weighted by Gasteiger charge is -2.15. The third kappa shape index (κ3) is 8.84. The maximum absolute atomic E-state index is 15.4. The maximum Gasteiger partial charge on any atom is 0.573 e. The van der Waals surface area contributed by atoms with E-state index in [0.717, 1.165) is 36.4 Å². The van der Waals surface area contributed by atoms with Gasteiger partial charge in [-0.3, -0.25) is 0 Å². The third-order valence-electron chi connectivity index (χ3n) is 8.27. The summed E-state index contributed by atoms with van der Waals surface area (Å²) in [6.45, 7) is 0. The Morgan fingerprint density at radius 2 is 0.830 bits per heavy atom. The molecule has 2 aliphatic rings. The zero-order valence-electron chi connectivity index (χ0n) is 26.9. The van der Waals surface area contributed by atoms with Crippen molar-refractivity contribution in [3.63, 3.8) is 0 Å². The Hall–Kier alpha value is -5.31. The fourth-order valence-electron chi connectivity index (χ4n) is 6.09. The number of halogens is 10. The summed E-state index contributed by atoms with van der Waals surface area (Å²) in [4.78, 5) is 0. The minimum Gasteiger partial charge on any atom is -0.406 e. The van der Waals surface area contributed by atoms with E-state index in [2.05, 4.69) is 9.47 Å². The van der Waals surface area contributed by atoms with E-state index in [1.807, 2.05) is 0 Å². The highest BCUT2D eigenvalue weighted by molar-refractivity contribution is 7.89. The molecule has 0 saturated carbocycles. The molecule has 0 aromatic heterocycles. The lowest BCUT2D eigenvalue weighted by atomic mass is 9.94. The second-order valence-corrected chi connectivity index (χ2v) is 14.0. The van der Waals surface area contributed by atoms with Gasteiger partial charge in [-0.1, -0.05) is 48.6 Å². The third-order valence-corrected chi connectivity index (χ3v) is 9.77. The van der Waals surface area contributed by atoms with Gasteiger partial charge in [0.15, 0.2) is 9.84 Å². The topological polar surface area (TPSA) is 52.6 Å². The van der Waals surface area contributed by atoms with Crippen molar-refractivity contribution in [2.75, 3.05) is 0 Å². The first kappa shape index (κ1) is 37.4. The molecular formula is C38H24F10O4S. The molecule has 0 bridgehead atoms. The predicted octanol–water partition coefficient (Wildman–Crippen LogP) is 10.9. The monoisotopic (exact) mass is 766 g/mol. The first-order valence-corrected chi connectivity index (χ1v) is 17.4. The van der Waals surface area contributed by atoms with Crippen LogP contribution in [0, 0.1) is 23.3 Å². The second kappa shape index (κ2) is 14.3. The summed E-state index contributed by atoms with van der Waals surface area (Å²) in [5.74, 6) is -7.27. The zero-order valence-corrected chi connectivity index (χ0v) is 27.7. The summed E-state index contributed by atoms with van der Waals surface area (Å²) < 4.78 is 171. The van der Waals surface area contributed by atoms with Crippen molar-refractivity contribution in [1.29, 1.82) is 0 Å². The van der Waals surface area contributed by atoms with E-state index in [1.54, 1.807) is 24.3 Å². The van der Waals surface area contributed by atoms with Gasteiger partial charge >= 0.3 is 12.7 Å². The maximum atomic E-state index is 15.4. The highest BCUT2D eigenvalue weighted by Crippen LogP contribution is 2.41. The summed E-state index contributed by atoms with van der Waals surface area (Å²) in [5.41, 5.74) is 0.416. The van der Waals surface area contributed by atoms with Gasteiger partial charge in [0.2, 0.25) is 0 Å². The Bertz CT molecular complexity index is 2140. The smallest absolute Gasteiger partial charge is 0.406 e. The highest BCUT2D eigenvalue weighted by Gasteiger charge is 2.32. The van der Waals surface area contributed by atoms with E-state index in [9.17, 15) is 34.8 Å². The van der Waals surface area contributed by atoms with Crippen molar-refractivity contribution in [3.8, 4) is 11.5 Å². The van der Waals surface area contributed by atoms with Crippen LogP contribution in [0.5, 0.6) is 11.5 Å². The predicted molar refractivity (Wildman–Crippen MR) is 176 cm³/mol. The van der Waals surface area contributed by atoms with Gasteiger partial charge in [0.25, 0.3) is 0 Å². The molecule has 15 heteroatoms. The van der Waals surface area contributed by atoms with Crippen molar-refractivity contribution in [1.82, 2.24) is 0 Å². The number of ether oxygens (including phenoxy) is 2. The first-order valence-electron chi connectivity index (χ1n) is 15.6. The fraction of sp³-hybridized carbons (Fsp3) is 0.158. The summed E-state index contributed by atoms with van der Waals surface area (Å²) >= 11 is 0. The van der Waals surface area contributed by atoms with Crippen LogP contribution in [0.25, 0.3) is 22.3 Å². The molecule has 0 aliphatic heterocycles. The van der Waals surface area contributed by atoms with Crippen LogP contribution in [0.1, 0.15) is 46.2 Å². The molecule has 0 amide bonds. The average Bonchev–Trinajstić information content (AvgIpc) is 3.74. The van der Waals surface area contributed by atoms with Gasteiger partial charge in [-0.2, -0.15) is 0 Å². The molecule has 0 atom stereocenters. The van der Waals surface area contributed by atoms with E-state index >= 15 is 17.6 Å². The standard InChI is InChI=1S/C38H24F10O4S/c39-33-17-31(29-5-1-3-27(29)21-7-11-25(12-8-21)51-37(43,44)45)35(41)15-23(33)19-53(49,50)20-24-16-36(42)32(18-34(24)40)30-6-2-4-28(30)22-9-13-26(14-10-22)52-38(46,47)48/h3-18H,1-2,19-20H2. The lowest BCUT2D eigenvalue weighted by Crippen LogP contribution is -2.17. The average molecular weight is 767 g/mol. The van der Waals surface area contributed by atoms with Crippen LogP contribution in [0.15, 0.2) is 97.1 Å². The van der Waals surface area contributed by atoms with Crippen LogP contribution < -0.4 is 9.47 Å². The minimum absolute atomic E-state index is 0.223. The molecule has 2 aliphatic carbocycles. The molecule has 0 spiro atoms. The quantitative estimate of drug-likeness (QED) is 0.151. The van der Waals surface area contributed by atoms with E-state index in [1.165, 1.54) is 24.3 Å². The molecule has 53 heavy (non-hydrogen) atoms. The molecule has 276 valence electrons. The molecule has 4 aromatic carbocycles. The summed E-state index contributed by atoms with van der Waals surface area (Å²) in [6.07, 6.45) is -2.78. The van der Waals surface area contributed by atoms with Crippen molar-refractivity contribution in [2.45, 2.75) is 37.1 Å². The largest absolute Gasteiger partial charge is 0.573 e. The first-order chi connectivity index (χ1) is 24.9. The molecule has 0 heterocycles. The van der Waals surface area contributed by atoms with Crippen LogP contribution >= 0.6 is 0 Å². The molecule has 4 nitrogen and oxygen atoms in total. The van der Waals surface area contributed by atoms with Crippen LogP contribution in [-0.4, -0.2) is 21.1 Å². The second-order valence-electron chi connectivity index (χ2n) is 12.0. The van der Waals surface area contributed by atoms with Crippen LogP contribution in [-0.2, 0) is 21.3 Å². The Morgan fingerprint density at radius 3 is 1.17 bits per heavy atom. The molecular weight excluding hydrogens is 742 g/mol. The molecule has 6 rings (SSSR count). The van der Waals surface area contributed by atoms with Gasteiger partial charge in [0, 0.05) is 22.3 Å². The SMILES string of the molecule is O=S(=O)(Cc1cc(F)c(C2=CCC=C2c2ccc(OC(F)(F)F)cc2)cc1F)Cc1cc(F)c(C2=CCC=C2c2ccc(OC(F)(F)F)cc2)cc1F. The fourth-order valence-corrected chi connectivity index (χ4v) is 7.59. The Morgan fingerprint density at radius 1 is 0.491 bits per heavy atom. The molecule has 0 radical (unpaired) electrons. The molecule has 0 fully saturated rings. The summed E-state index contributed by atoms with van der Waals surface area (Å²) in [6, 6.07) is 12.5. The Labute approximate surface area is 295 Å². The Kier molecular flexibility index (Phi) is 10.1. The van der Waals surface area contributed by atoms with Crippen LogP contribution in [0.3, 0.4) is 0 Å². The van der Waals surface area contributed by atoms with E-state index in [4.69, 9.17) is 0 Å². The minimum atomic E-state index is -4.90. The van der Waals surface area contributed by atoms with Crippen LogP contribution in [0.2, 0.25) is 0 Å². The van der Waals surface area contributed by atoms with Gasteiger partial charge in [0.1, 0.15) is 34.8 Å².